The standard InChI is InChI=1S/C7H10Cl2N2O3S/c8-1-5(9)15-3-4(10)7(14)11-2-6(12)13/h1,4H,2-3,10H2,(H,11,14)(H,12,13)/t4-/m0/s1. The molecule has 0 aromatic rings. The second kappa shape index (κ2) is 7.81. The minimum Gasteiger partial charge on any atom is -0.480 e. The zero-order chi connectivity index (χ0) is 11.8. The minimum atomic E-state index is -1.12. The summed E-state index contributed by atoms with van der Waals surface area (Å²) in [5.74, 6) is -1.43. The van der Waals surface area contributed by atoms with Crippen LogP contribution in [0.1, 0.15) is 0 Å². The zero-order valence-electron chi connectivity index (χ0n) is 7.57. The molecule has 15 heavy (non-hydrogen) atoms. The molecule has 5 nitrogen and oxygen atoms in total. The Morgan fingerprint density at radius 3 is 2.67 bits per heavy atom. The largest absolute Gasteiger partial charge is 0.480 e. The number of nitrogens with one attached hydrogen (secondary N) is 1. The van der Waals surface area contributed by atoms with E-state index in [1.807, 2.05) is 0 Å². The number of thioether (sulfide) groups is 1. The van der Waals surface area contributed by atoms with Crippen molar-refractivity contribution in [2.45, 2.75) is 6.04 Å². The number of amides is 1. The Labute approximate surface area is 101 Å². The van der Waals surface area contributed by atoms with Gasteiger partial charge in [0.25, 0.3) is 0 Å². The number of carbonyl (C=O) groups is 2. The van der Waals surface area contributed by atoms with E-state index in [4.69, 9.17) is 34.0 Å². The molecule has 0 radical (unpaired) electrons. The van der Waals surface area contributed by atoms with Crippen molar-refractivity contribution in [2.75, 3.05) is 12.3 Å². The number of hydrogen-bond donors (Lipinski definition) is 3. The molecule has 0 aliphatic rings. The van der Waals surface area contributed by atoms with Crippen molar-refractivity contribution in [1.82, 2.24) is 5.32 Å². The van der Waals surface area contributed by atoms with Gasteiger partial charge in [-0.15, -0.1) is 11.8 Å². The van der Waals surface area contributed by atoms with Crippen molar-refractivity contribution in [1.29, 1.82) is 0 Å². The maximum absolute atomic E-state index is 11.1. The van der Waals surface area contributed by atoms with Gasteiger partial charge in [-0.25, -0.2) is 0 Å². The number of aliphatic carboxylic acids is 1. The first-order valence-corrected chi connectivity index (χ1v) is 5.61. The average Bonchev–Trinajstić information content (AvgIpc) is 2.21. The highest BCUT2D eigenvalue weighted by molar-refractivity contribution is 8.04. The molecule has 1 amide bonds. The van der Waals surface area contributed by atoms with Gasteiger partial charge in [-0.3, -0.25) is 9.59 Å². The molecule has 0 saturated carbocycles. The van der Waals surface area contributed by atoms with Crippen LogP contribution >= 0.6 is 35.0 Å². The fourth-order valence-corrected chi connectivity index (χ4v) is 1.50. The number of hydrogen-bond acceptors (Lipinski definition) is 4. The lowest BCUT2D eigenvalue weighted by Gasteiger charge is -2.09. The highest BCUT2D eigenvalue weighted by Gasteiger charge is 2.14. The monoisotopic (exact) mass is 272 g/mol. The Bertz CT molecular complexity index is 273. The van der Waals surface area contributed by atoms with E-state index in [-0.39, 0.29) is 5.75 Å². The number of halogens is 2. The molecular formula is C7H10Cl2N2O3S. The Balaban J connectivity index is 3.84. The van der Waals surface area contributed by atoms with Gasteiger partial charge in [-0.2, -0.15) is 0 Å². The highest BCUT2D eigenvalue weighted by atomic mass is 35.5. The molecule has 86 valence electrons. The number of carboxylic acids is 1. The van der Waals surface area contributed by atoms with Crippen molar-refractivity contribution in [3.8, 4) is 0 Å². The second-order valence-electron chi connectivity index (χ2n) is 2.44. The van der Waals surface area contributed by atoms with Gasteiger partial charge < -0.3 is 16.2 Å². The molecule has 0 spiro atoms. The molecule has 0 aliphatic heterocycles. The fourth-order valence-electron chi connectivity index (χ4n) is 0.570. The SMILES string of the molecule is N[C@@H](CSC(Cl)=CCl)C(=O)NCC(=O)O. The zero-order valence-corrected chi connectivity index (χ0v) is 9.90. The fraction of sp³-hybridized carbons (Fsp3) is 0.429. The second-order valence-corrected chi connectivity index (χ2v) is 4.35. The quantitative estimate of drug-likeness (QED) is 0.656. The summed E-state index contributed by atoms with van der Waals surface area (Å²) in [5.41, 5.74) is 6.61. The predicted molar refractivity (Wildman–Crippen MR) is 60.9 cm³/mol. The van der Waals surface area contributed by atoms with Crippen LogP contribution in [0.15, 0.2) is 9.90 Å². The van der Waals surface area contributed by atoms with E-state index in [1.165, 1.54) is 0 Å². The summed E-state index contributed by atoms with van der Waals surface area (Å²) >= 11 is 11.9. The first-order valence-electron chi connectivity index (χ1n) is 3.81. The third kappa shape index (κ3) is 7.49. The summed E-state index contributed by atoms with van der Waals surface area (Å²) < 4.78 is 0.318. The maximum atomic E-state index is 11.1. The summed E-state index contributed by atoms with van der Waals surface area (Å²) in [6.07, 6.45) is 0. The van der Waals surface area contributed by atoms with Gasteiger partial charge in [0, 0.05) is 11.3 Å². The lowest BCUT2D eigenvalue weighted by molar-refractivity contribution is -0.138. The third-order valence-corrected chi connectivity index (χ3v) is 3.05. The van der Waals surface area contributed by atoms with Gasteiger partial charge >= 0.3 is 5.97 Å². The molecule has 4 N–H and O–H groups in total. The van der Waals surface area contributed by atoms with Crippen LogP contribution in [-0.2, 0) is 9.59 Å². The predicted octanol–water partition coefficient (Wildman–Crippen LogP) is 0.524. The molecule has 0 saturated heterocycles. The van der Waals surface area contributed by atoms with Crippen molar-refractivity contribution in [3.63, 3.8) is 0 Å². The molecule has 0 unspecified atom stereocenters. The molecule has 8 heteroatoms. The summed E-state index contributed by atoms with van der Waals surface area (Å²) in [4.78, 5) is 21.3. The van der Waals surface area contributed by atoms with Crippen LogP contribution in [0.25, 0.3) is 0 Å². The van der Waals surface area contributed by atoms with Crippen molar-refractivity contribution >= 4 is 46.8 Å². The van der Waals surface area contributed by atoms with E-state index in [0.717, 1.165) is 17.3 Å². The molecule has 0 rings (SSSR count). The minimum absolute atomic E-state index is 0.230. The number of rotatable bonds is 6. The maximum Gasteiger partial charge on any atom is 0.322 e. The average molecular weight is 273 g/mol. The molecule has 0 bridgehead atoms. The van der Waals surface area contributed by atoms with E-state index in [9.17, 15) is 9.59 Å². The van der Waals surface area contributed by atoms with Crippen LogP contribution in [-0.4, -0.2) is 35.3 Å². The van der Waals surface area contributed by atoms with Crippen molar-refractivity contribution < 1.29 is 14.7 Å². The lowest BCUT2D eigenvalue weighted by atomic mass is 10.3. The summed E-state index contributed by atoms with van der Waals surface area (Å²) in [7, 11) is 0. The van der Waals surface area contributed by atoms with Crippen LogP contribution in [0.4, 0.5) is 0 Å². The van der Waals surface area contributed by atoms with Crippen LogP contribution in [0, 0.1) is 0 Å². The van der Waals surface area contributed by atoms with Crippen LogP contribution in [0.2, 0.25) is 0 Å². The van der Waals surface area contributed by atoms with Gasteiger partial charge in [-0.1, -0.05) is 23.2 Å². The topological polar surface area (TPSA) is 92.4 Å². The molecule has 0 heterocycles. The first-order chi connectivity index (χ1) is 6.97. The molecule has 0 aliphatic carbocycles. The summed E-state index contributed by atoms with van der Waals surface area (Å²) in [5, 5.41) is 10.4. The first kappa shape index (κ1) is 14.6. The number of carboxylic acid groups (broad SMARTS) is 1. The molecule has 1 atom stereocenters. The van der Waals surface area contributed by atoms with Crippen molar-refractivity contribution in [2.24, 2.45) is 5.73 Å². The van der Waals surface area contributed by atoms with E-state index >= 15 is 0 Å². The Morgan fingerprint density at radius 1 is 1.60 bits per heavy atom. The Kier molecular flexibility index (Phi) is 7.59. The normalized spacial score (nSPS) is 13.4. The van der Waals surface area contributed by atoms with Crippen LogP contribution in [0.5, 0.6) is 0 Å². The molecule has 0 aromatic carbocycles. The summed E-state index contributed by atoms with van der Waals surface area (Å²) in [6, 6.07) is -0.820. The molecule has 0 aromatic heterocycles. The van der Waals surface area contributed by atoms with E-state index in [0.29, 0.717) is 4.36 Å². The number of nitrogens with two attached hydrogens (primary N) is 1. The van der Waals surface area contributed by atoms with Gasteiger partial charge in [0.1, 0.15) is 6.54 Å². The summed E-state index contributed by atoms with van der Waals surface area (Å²) in [6.45, 7) is -0.448. The van der Waals surface area contributed by atoms with Gasteiger partial charge in [0.2, 0.25) is 5.91 Å². The lowest BCUT2D eigenvalue weighted by Crippen LogP contribution is -2.44. The van der Waals surface area contributed by atoms with E-state index in [1.54, 1.807) is 0 Å². The van der Waals surface area contributed by atoms with E-state index < -0.39 is 24.5 Å². The van der Waals surface area contributed by atoms with Crippen LogP contribution < -0.4 is 11.1 Å². The molecular weight excluding hydrogens is 263 g/mol. The van der Waals surface area contributed by atoms with E-state index in [2.05, 4.69) is 5.32 Å². The Morgan fingerprint density at radius 2 is 2.20 bits per heavy atom. The Hall–Kier alpha value is -0.430. The smallest absolute Gasteiger partial charge is 0.322 e. The molecule has 0 fully saturated rings. The van der Waals surface area contributed by atoms with Crippen molar-refractivity contribution in [3.05, 3.63) is 9.90 Å². The van der Waals surface area contributed by atoms with Gasteiger partial charge in [0.05, 0.1) is 10.4 Å². The highest BCUT2D eigenvalue weighted by Crippen LogP contribution is 2.20. The van der Waals surface area contributed by atoms with Crippen LogP contribution in [0.3, 0.4) is 0 Å². The van der Waals surface area contributed by atoms with Gasteiger partial charge in [-0.05, 0) is 0 Å². The third-order valence-electron chi connectivity index (χ3n) is 1.24. The number of carbonyl (C=O) groups excluding carboxylic acids is 1. The van der Waals surface area contributed by atoms with Gasteiger partial charge in [0.15, 0.2) is 0 Å².